The van der Waals surface area contributed by atoms with Crippen LogP contribution in [0.4, 0.5) is 5.69 Å². The summed E-state index contributed by atoms with van der Waals surface area (Å²) in [7, 11) is 0. The highest BCUT2D eigenvalue weighted by molar-refractivity contribution is 6.04. The fraction of sp³-hybridized carbons (Fsp3) is 0.438. The number of rotatable bonds is 0. The van der Waals surface area contributed by atoms with Gasteiger partial charge in [-0.2, -0.15) is 0 Å². The van der Waals surface area contributed by atoms with E-state index in [1.807, 2.05) is 18.2 Å². The number of ketones is 1. The van der Waals surface area contributed by atoms with Crippen LogP contribution in [-0.2, 0) is 6.42 Å². The van der Waals surface area contributed by atoms with Gasteiger partial charge in [0.1, 0.15) is 0 Å². The number of anilines is 1. The number of Topliss-reactive ketones (excluding diaryl/α,β-unsaturated/α-hetero) is 1. The molecule has 3 aliphatic rings. The monoisotopic (exact) mass is 239 g/mol. The van der Waals surface area contributed by atoms with Crippen LogP contribution in [0.1, 0.15) is 41.6 Å². The predicted molar refractivity (Wildman–Crippen MR) is 71.4 cm³/mol. The lowest BCUT2D eigenvalue weighted by Gasteiger charge is -2.38. The van der Waals surface area contributed by atoms with Crippen LogP contribution in [0.25, 0.3) is 0 Å². The molecule has 1 aromatic rings. The van der Waals surface area contributed by atoms with Crippen molar-refractivity contribution in [3.05, 3.63) is 41.0 Å². The first-order chi connectivity index (χ1) is 8.69. The van der Waals surface area contributed by atoms with Crippen molar-refractivity contribution in [3.63, 3.8) is 0 Å². The van der Waals surface area contributed by atoms with Crippen LogP contribution >= 0.6 is 0 Å². The Labute approximate surface area is 107 Å². The Morgan fingerprint density at radius 2 is 2.22 bits per heavy atom. The van der Waals surface area contributed by atoms with E-state index in [0.29, 0.717) is 11.7 Å². The van der Waals surface area contributed by atoms with Gasteiger partial charge in [-0.3, -0.25) is 4.79 Å². The second-order valence-electron chi connectivity index (χ2n) is 6.08. The summed E-state index contributed by atoms with van der Waals surface area (Å²) in [5.74, 6) is 0.961. The third-order valence-electron chi connectivity index (χ3n) is 5.19. The van der Waals surface area contributed by atoms with E-state index < -0.39 is 0 Å². The molecule has 0 saturated heterocycles. The Morgan fingerprint density at radius 3 is 2.94 bits per heavy atom. The van der Waals surface area contributed by atoms with Crippen molar-refractivity contribution in [2.45, 2.75) is 32.1 Å². The number of fused-ring (bicyclic) bond motifs is 4. The fourth-order valence-corrected chi connectivity index (χ4v) is 4.25. The Balaban J connectivity index is 1.81. The second kappa shape index (κ2) is 3.25. The molecule has 1 spiro atoms. The van der Waals surface area contributed by atoms with Crippen molar-refractivity contribution in [2.75, 3.05) is 5.73 Å². The van der Waals surface area contributed by atoms with Crippen LogP contribution < -0.4 is 5.73 Å². The maximum atomic E-state index is 12.9. The summed E-state index contributed by atoms with van der Waals surface area (Å²) in [5, 5.41) is 0. The van der Waals surface area contributed by atoms with Gasteiger partial charge in [0.15, 0.2) is 5.78 Å². The third-order valence-corrected chi connectivity index (χ3v) is 5.19. The highest BCUT2D eigenvalue weighted by Gasteiger charge is 2.53. The molecule has 18 heavy (non-hydrogen) atoms. The van der Waals surface area contributed by atoms with E-state index in [-0.39, 0.29) is 5.41 Å². The topological polar surface area (TPSA) is 43.1 Å². The van der Waals surface area contributed by atoms with Crippen LogP contribution in [0.3, 0.4) is 0 Å². The molecule has 1 fully saturated rings. The van der Waals surface area contributed by atoms with Gasteiger partial charge in [-0.15, -0.1) is 0 Å². The minimum atomic E-state index is -0.0623. The first-order valence-electron chi connectivity index (χ1n) is 6.80. The number of carbonyl (C=O) groups excluding carboxylic acids is 1. The molecule has 2 nitrogen and oxygen atoms in total. The molecule has 0 amide bonds. The van der Waals surface area contributed by atoms with Gasteiger partial charge in [-0.05, 0) is 61.8 Å². The van der Waals surface area contributed by atoms with Gasteiger partial charge in [0, 0.05) is 16.7 Å². The number of carbonyl (C=O) groups is 1. The number of nitrogens with two attached hydrogens (primary N) is 1. The van der Waals surface area contributed by atoms with Gasteiger partial charge < -0.3 is 5.73 Å². The van der Waals surface area contributed by atoms with E-state index in [1.165, 1.54) is 5.57 Å². The molecule has 3 aliphatic carbocycles. The first kappa shape index (κ1) is 10.4. The molecule has 2 unspecified atom stereocenters. The van der Waals surface area contributed by atoms with Crippen molar-refractivity contribution in [1.29, 1.82) is 0 Å². The lowest BCUT2D eigenvalue weighted by atomic mass is 9.63. The highest BCUT2D eigenvalue weighted by atomic mass is 16.1. The summed E-state index contributed by atoms with van der Waals surface area (Å²) >= 11 is 0. The van der Waals surface area contributed by atoms with E-state index in [1.54, 1.807) is 0 Å². The molecule has 1 saturated carbocycles. The summed E-state index contributed by atoms with van der Waals surface area (Å²) in [4.78, 5) is 12.9. The third kappa shape index (κ3) is 1.16. The molecule has 4 rings (SSSR count). The van der Waals surface area contributed by atoms with E-state index in [0.717, 1.165) is 48.9 Å². The fourth-order valence-electron chi connectivity index (χ4n) is 4.25. The quantitative estimate of drug-likeness (QED) is 0.558. The van der Waals surface area contributed by atoms with Gasteiger partial charge in [0.2, 0.25) is 0 Å². The van der Waals surface area contributed by atoms with Crippen LogP contribution in [-0.4, -0.2) is 5.78 Å². The maximum absolute atomic E-state index is 12.9. The lowest BCUT2D eigenvalue weighted by molar-refractivity contribution is 0.0671. The van der Waals surface area contributed by atoms with Gasteiger partial charge >= 0.3 is 0 Å². The van der Waals surface area contributed by atoms with Gasteiger partial charge in [-0.25, -0.2) is 0 Å². The molecular formula is C16H17NO. The number of benzene rings is 1. The minimum absolute atomic E-state index is 0.0623. The van der Waals surface area contributed by atoms with Crippen LogP contribution in [0.2, 0.25) is 0 Å². The Hall–Kier alpha value is -1.57. The van der Waals surface area contributed by atoms with E-state index in [2.05, 4.69) is 6.08 Å². The SMILES string of the molecule is Nc1ccc2c(c1)CCC1(CC3=CCC1C3)C2=O. The number of nitrogen functional groups attached to an aromatic ring is 1. The zero-order valence-electron chi connectivity index (χ0n) is 10.4. The molecule has 92 valence electrons. The molecule has 0 aliphatic heterocycles. The van der Waals surface area contributed by atoms with Crippen molar-refractivity contribution < 1.29 is 4.79 Å². The summed E-state index contributed by atoms with van der Waals surface area (Å²) in [6.45, 7) is 0. The minimum Gasteiger partial charge on any atom is -0.399 e. The van der Waals surface area contributed by atoms with Crippen molar-refractivity contribution in [1.82, 2.24) is 0 Å². The Kier molecular flexibility index (Phi) is 1.87. The van der Waals surface area contributed by atoms with Crippen LogP contribution in [0.15, 0.2) is 29.8 Å². The zero-order valence-corrected chi connectivity index (χ0v) is 10.4. The first-order valence-corrected chi connectivity index (χ1v) is 6.80. The average molecular weight is 239 g/mol. The summed E-state index contributed by atoms with van der Waals surface area (Å²) < 4.78 is 0. The predicted octanol–water partition coefficient (Wildman–Crippen LogP) is 3.12. The molecule has 0 heterocycles. The number of hydrogen-bond acceptors (Lipinski definition) is 2. The number of allylic oxidation sites excluding steroid dienone is 2. The Morgan fingerprint density at radius 1 is 1.33 bits per heavy atom. The molecule has 2 bridgehead atoms. The molecule has 2 atom stereocenters. The molecule has 1 aromatic carbocycles. The molecule has 2 N–H and O–H groups in total. The van der Waals surface area contributed by atoms with Gasteiger partial charge in [0.05, 0.1) is 0 Å². The number of hydrogen-bond donors (Lipinski definition) is 1. The maximum Gasteiger partial charge on any atom is 0.169 e. The normalized spacial score (nSPS) is 32.8. The Bertz CT molecular complexity index is 587. The summed E-state index contributed by atoms with van der Waals surface area (Å²) in [5.41, 5.74) is 10.1. The average Bonchev–Trinajstić information content (AvgIpc) is 2.95. The molecule has 0 radical (unpaired) electrons. The summed E-state index contributed by atoms with van der Waals surface area (Å²) in [6, 6.07) is 5.78. The lowest BCUT2D eigenvalue weighted by Crippen LogP contribution is -2.39. The van der Waals surface area contributed by atoms with Crippen molar-refractivity contribution >= 4 is 11.5 Å². The second-order valence-corrected chi connectivity index (χ2v) is 6.08. The van der Waals surface area contributed by atoms with Crippen LogP contribution in [0, 0.1) is 11.3 Å². The van der Waals surface area contributed by atoms with E-state index in [4.69, 9.17) is 5.73 Å². The van der Waals surface area contributed by atoms with E-state index >= 15 is 0 Å². The van der Waals surface area contributed by atoms with Crippen molar-refractivity contribution in [3.8, 4) is 0 Å². The van der Waals surface area contributed by atoms with E-state index in [9.17, 15) is 4.79 Å². The number of aryl methyl sites for hydroxylation is 1. The smallest absolute Gasteiger partial charge is 0.169 e. The molecular weight excluding hydrogens is 222 g/mol. The standard InChI is InChI=1S/C16H17NO/c17-13-3-4-14-11(8-13)5-6-16(15(14)18)9-10-1-2-12(16)7-10/h1,3-4,8,12H,2,5-7,9,17H2. The van der Waals surface area contributed by atoms with Crippen molar-refractivity contribution in [2.24, 2.45) is 11.3 Å². The summed E-state index contributed by atoms with van der Waals surface area (Å²) in [6.07, 6.45) is 7.67. The molecule has 0 aromatic heterocycles. The van der Waals surface area contributed by atoms with Gasteiger partial charge in [-0.1, -0.05) is 11.6 Å². The zero-order chi connectivity index (χ0) is 12.3. The largest absolute Gasteiger partial charge is 0.399 e. The highest BCUT2D eigenvalue weighted by Crippen LogP contribution is 2.58. The van der Waals surface area contributed by atoms with Gasteiger partial charge in [0.25, 0.3) is 0 Å². The van der Waals surface area contributed by atoms with Crippen LogP contribution in [0.5, 0.6) is 0 Å². The molecule has 2 heteroatoms.